The van der Waals surface area contributed by atoms with Crippen molar-refractivity contribution in [2.75, 3.05) is 13.1 Å². The zero-order valence-electron chi connectivity index (χ0n) is 5.41. The lowest BCUT2D eigenvalue weighted by Gasteiger charge is -2.41. The van der Waals surface area contributed by atoms with Gasteiger partial charge in [0, 0.05) is 23.8 Å². The van der Waals surface area contributed by atoms with Gasteiger partial charge in [0.1, 0.15) is 0 Å². The molecule has 0 atom stereocenters. The Balaban J connectivity index is 2.57. The highest BCUT2D eigenvalue weighted by molar-refractivity contribution is 8.11. The summed E-state index contributed by atoms with van der Waals surface area (Å²) in [6.45, 7) is 1.75. The van der Waals surface area contributed by atoms with Crippen LogP contribution in [-0.4, -0.2) is 36.5 Å². The molecule has 4 nitrogen and oxygen atoms in total. The average Bonchev–Trinajstić information content (AvgIpc) is 1.56. The SMILES string of the molecule is CC1(O)CN(S(=O)(=O)Cl)C1. The standard InChI is InChI=1S/C4H8ClNO3S/c1-4(7)2-6(3-4)10(5,8)9/h7H,2-3H2,1H3. The second kappa shape index (κ2) is 2.07. The highest BCUT2D eigenvalue weighted by Gasteiger charge is 2.42. The van der Waals surface area contributed by atoms with E-state index in [1.165, 1.54) is 0 Å². The van der Waals surface area contributed by atoms with Gasteiger partial charge in [0.05, 0.1) is 5.60 Å². The van der Waals surface area contributed by atoms with Gasteiger partial charge in [0.15, 0.2) is 0 Å². The molecule has 0 aliphatic carbocycles. The number of aliphatic hydroxyl groups is 1. The number of rotatable bonds is 1. The van der Waals surface area contributed by atoms with Crippen LogP contribution in [0.5, 0.6) is 0 Å². The maximum Gasteiger partial charge on any atom is 0.299 e. The molecule has 10 heavy (non-hydrogen) atoms. The number of hydrogen-bond acceptors (Lipinski definition) is 3. The summed E-state index contributed by atoms with van der Waals surface area (Å²) in [6, 6.07) is 0. The van der Waals surface area contributed by atoms with E-state index in [1.54, 1.807) is 6.92 Å². The fourth-order valence-corrected chi connectivity index (χ4v) is 2.03. The van der Waals surface area contributed by atoms with E-state index in [4.69, 9.17) is 15.8 Å². The summed E-state index contributed by atoms with van der Waals surface area (Å²) in [7, 11) is 1.36. The van der Waals surface area contributed by atoms with E-state index < -0.39 is 14.8 Å². The molecule has 1 saturated heterocycles. The summed E-state index contributed by atoms with van der Waals surface area (Å²) >= 11 is 0. The van der Waals surface area contributed by atoms with Crippen molar-refractivity contribution in [2.24, 2.45) is 0 Å². The lowest BCUT2D eigenvalue weighted by atomic mass is 10.0. The summed E-state index contributed by atoms with van der Waals surface area (Å²) < 4.78 is 22.0. The molecule has 0 spiro atoms. The normalized spacial score (nSPS) is 25.9. The Morgan fingerprint density at radius 3 is 2.10 bits per heavy atom. The molecule has 1 aliphatic rings. The van der Waals surface area contributed by atoms with Crippen LogP contribution < -0.4 is 0 Å². The number of nitrogens with zero attached hydrogens (tertiary/aromatic N) is 1. The molecule has 60 valence electrons. The van der Waals surface area contributed by atoms with Gasteiger partial charge >= 0.3 is 0 Å². The minimum absolute atomic E-state index is 0.0961. The van der Waals surface area contributed by atoms with Crippen LogP contribution in [0.1, 0.15) is 6.92 Å². The van der Waals surface area contributed by atoms with Gasteiger partial charge in [0.25, 0.3) is 9.24 Å². The zero-order chi connectivity index (χ0) is 7.99. The van der Waals surface area contributed by atoms with Gasteiger partial charge < -0.3 is 5.11 Å². The van der Waals surface area contributed by atoms with E-state index in [0.29, 0.717) is 0 Å². The first-order valence-electron chi connectivity index (χ1n) is 2.73. The Morgan fingerprint density at radius 1 is 1.60 bits per heavy atom. The molecule has 6 heteroatoms. The predicted molar refractivity (Wildman–Crippen MR) is 37.0 cm³/mol. The first-order chi connectivity index (χ1) is 4.31. The summed E-state index contributed by atoms with van der Waals surface area (Å²) in [5, 5.41) is 9.08. The Labute approximate surface area is 64.0 Å². The van der Waals surface area contributed by atoms with E-state index in [2.05, 4.69) is 0 Å². The van der Waals surface area contributed by atoms with Gasteiger partial charge in [-0.1, -0.05) is 0 Å². The molecule has 1 rings (SSSR count). The monoisotopic (exact) mass is 185 g/mol. The van der Waals surface area contributed by atoms with Crippen molar-refractivity contribution in [3.8, 4) is 0 Å². The fourth-order valence-electron chi connectivity index (χ4n) is 0.868. The number of hydrogen-bond donors (Lipinski definition) is 1. The molecule has 0 radical (unpaired) electrons. The van der Waals surface area contributed by atoms with E-state index in [-0.39, 0.29) is 13.1 Å². The molecular weight excluding hydrogens is 178 g/mol. The van der Waals surface area contributed by atoms with Crippen LogP contribution in [0.4, 0.5) is 0 Å². The molecule has 0 aromatic heterocycles. The van der Waals surface area contributed by atoms with Crippen molar-refractivity contribution < 1.29 is 13.5 Å². The first kappa shape index (κ1) is 8.26. The Hall–Kier alpha value is 0.160. The van der Waals surface area contributed by atoms with Crippen molar-refractivity contribution >= 4 is 19.9 Å². The predicted octanol–water partition coefficient (Wildman–Crippen LogP) is -0.463. The van der Waals surface area contributed by atoms with Crippen LogP contribution >= 0.6 is 10.7 Å². The summed E-state index contributed by atoms with van der Waals surface area (Å²) in [5.74, 6) is 0. The van der Waals surface area contributed by atoms with Crippen molar-refractivity contribution in [3.63, 3.8) is 0 Å². The topological polar surface area (TPSA) is 57.6 Å². The zero-order valence-corrected chi connectivity index (χ0v) is 6.98. The maximum absolute atomic E-state index is 10.5. The Morgan fingerprint density at radius 2 is 2.00 bits per heavy atom. The fraction of sp³-hybridized carbons (Fsp3) is 1.00. The van der Waals surface area contributed by atoms with E-state index in [9.17, 15) is 8.42 Å². The molecule has 0 bridgehead atoms. The smallest absolute Gasteiger partial charge is 0.299 e. The molecule has 0 unspecified atom stereocenters. The molecule has 0 aromatic rings. The minimum Gasteiger partial charge on any atom is -0.387 e. The van der Waals surface area contributed by atoms with Gasteiger partial charge in [-0.2, -0.15) is 12.7 Å². The second-order valence-corrected chi connectivity index (χ2v) is 5.22. The van der Waals surface area contributed by atoms with Crippen molar-refractivity contribution in [1.29, 1.82) is 0 Å². The molecule has 1 fully saturated rings. The third kappa shape index (κ3) is 1.60. The van der Waals surface area contributed by atoms with Crippen LogP contribution in [0.3, 0.4) is 0 Å². The van der Waals surface area contributed by atoms with E-state index in [1.807, 2.05) is 0 Å². The van der Waals surface area contributed by atoms with Crippen molar-refractivity contribution in [1.82, 2.24) is 4.31 Å². The van der Waals surface area contributed by atoms with Crippen LogP contribution in [0.2, 0.25) is 0 Å². The van der Waals surface area contributed by atoms with Crippen LogP contribution in [0, 0.1) is 0 Å². The molecule has 1 aliphatic heterocycles. The molecular formula is C4H8ClNO3S. The van der Waals surface area contributed by atoms with Gasteiger partial charge in [0.2, 0.25) is 0 Å². The van der Waals surface area contributed by atoms with Crippen LogP contribution in [0.15, 0.2) is 0 Å². The van der Waals surface area contributed by atoms with Gasteiger partial charge in [-0.15, -0.1) is 0 Å². The number of β-amino-alcohol motifs (C(OH)–C–C–N with tert-alkyl or cyclic N) is 1. The Kier molecular flexibility index (Phi) is 1.71. The molecule has 0 aromatic carbocycles. The highest BCUT2D eigenvalue weighted by Crippen LogP contribution is 2.24. The quantitative estimate of drug-likeness (QED) is 0.563. The lowest BCUT2D eigenvalue weighted by Crippen LogP contribution is -2.60. The summed E-state index contributed by atoms with van der Waals surface area (Å²) in [6.07, 6.45) is 0. The number of halogens is 1. The van der Waals surface area contributed by atoms with Crippen LogP contribution in [-0.2, 0) is 9.24 Å². The third-order valence-electron chi connectivity index (χ3n) is 1.34. The summed E-state index contributed by atoms with van der Waals surface area (Å²) in [4.78, 5) is 0. The van der Waals surface area contributed by atoms with Gasteiger partial charge in [-0.25, -0.2) is 0 Å². The van der Waals surface area contributed by atoms with Crippen LogP contribution in [0.25, 0.3) is 0 Å². The lowest BCUT2D eigenvalue weighted by molar-refractivity contribution is -0.0415. The Bertz CT molecular complexity index is 227. The molecule has 1 heterocycles. The average molecular weight is 186 g/mol. The maximum atomic E-state index is 10.5. The van der Waals surface area contributed by atoms with Crippen molar-refractivity contribution in [3.05, 3.63) is 0 Å². The van der Waals surface area contributed by atoms with E-state index >= 15 is 0 Å². The highest BCUT2D eigenvalue weighted by atomic mass is 35.7. The van der Waals surface area contributed by atoms with Crippen molar-refractivity contribution in [2.45, 2.75) is 12.5 Å². The molecule has 0 amide bonds. The van der Waals surface area contributed by atoms with Gasteiger partial charge in [-0.05, 0) is 6.92 Å². The van der Waals surface area contributed by atoms with E-state index in [0.717, 1.165) is 4.31 Å². The van der Waals surface area contributed by atoms with Gasteiger partial charge in [-0.3, -0.25) is 0 Å². The largest absolute Gasteiger partial charge is 0.387 e. The molecule has 0 saturated carbocycles. The summed E-state index contributed by atoms with van der Waals surface area (Å²) in [5.41, 5.74) is -0.887. The first-order valence-corrected chi connectivity index (χ1v) is 5.00. The third-order valence-corrected chi connectivity index (χ3v) is 2.80. The molecule has 1 N–H and O–H groups in total. The minimum atomic E-state index is -3.59. The second-order valence-electron chi connectivity index (χ2n) is 2.71.